The van der Waals surface area contributed by atoms with Crippen LogP contribution < -0.4 is 0 Å². The van der Waals surface area contributed by atoms with Gasteiger partial charge in [-0.3, -0.25) is 10.1 Å². The summed E-state index contributed by atoms with van der Waals surface area (Å²) < 4.78 is 13.8. The highest BCUT2D eigenvalue weighted by Gasteiger charge is 2.13. The highest BCUT2D eigenvalue weighted by Crippen LogP contribution is 2.22. The van der Waals surface area contributed by atoms with Crippen molar-refractivity contribution in [1.29, 1.82) is 0 Å². The molecule has 0 bridgehead atoms. The van der Waals surface area contributed by atoms with Gasteiger partial charge in [-0.15, -0.1) is 0 Å². The van der Waals surface area contributed by atoms with E-state index in [0.717, 1.165) is 11.6 Å². The zero-order valence-electron chi connectivity index (χ0n) is 10.7. The van der Waals surface area contributed by atoms with Crippen LogP contribution in [0.3, 0.4) is 0 Å². The van der Waals surface area contributed by atoms with Crippen molar-refractivity contribution in [2.45, 2.75) is 0 Å². The Morgan fingerprint density at radius 3 is 2.90 bits per heavy atom. The van der Waals surface area contributed by atoms with Gasteiger partial charge in [0.2, 0.25) is 0 Å². The van der Waals surface area contributed by atoms with E-state index in [-0.39, 0.29) is 11.1 Å². The molecule has 3 aromatic rings. The number of aromatic amines is 1. The number of fused-ring (bicyclic) bond motifs is 1. The standard InChI is InChI=1S/C15H10FN3O2/c16-12-7-10(15(20)21)6-11-13(18-19-14(11)12)4-3-9-2-1-5-17-8-9/h1-8H,(H,18,19)(H,20,21). The molecule has 0 saturated carbocycles. The van der Waals surface area contributed by atoms with Gasteiger partial charge in [0, 0.05) is 17.8 Å². The number of carbonyl (C=O) groups is 1. The van der Waals surface area contributed by atoms with Crippen molar-refractivity contribution in [1.82, 2.24) is 15.2 Å². The number of aromatic carboxylic acids is 1. The second-order valence-corrected chi connectivity index (χ2v) is 4.41. The summed E-state index contributed by atoms with van der Waals surface area (Å²) in [5, 5.41) is 16.0. The molecule has 0 fully saturated rings. The van der Waals surface area contributed by atoms with Crippen molar-refractivity contribution in [2.24, 2.45) is 0 Å². The number of nitrogens with zero attached hydrogens (tertiary/aromatic N) is 2. The van der Waals surface area contributed by atoms with Crippen LogP contribution in [0.1, 0.15) is 21.6 Å². The van der Waals surface area contributed by atoms with Crippen LogP contribution in [-0.4, -0.2) is 26.3 Å². The number of benzene rings is 1. The van der Waals surface area contributed by atoms with Crippen LogP contribution in [0, 0.1) is 5.82 Å². The SMILES string of the molecule is O=C(O)c1cc(F)c2[nH]nc(C=Cc3cccnc3)c2c1. The molecule has 0 aliphatic heterocycles. The zero-order valence-corrected chi connectivity index (χ0v) is 10.7. The van der Waals surface area contributed by atoms with Gasteiger partial charge in [-0.1, -0.05) is 12.1 Å². The quantitative estimate of drug-likeness (QED) is 0.774. The number of pyridine rings is 1. The maximum Gasteiger partial charge on any atom is 0.335 e. The third-order valence-corrected chi connectivity index (χ3v) is 3.02. The monoisotopic (exact) mass is 283 g/mol. The minimum Gasteiger partial charge on any atom is -0.478 e. The molecule has 0 aliphatic carbocycles. The predicted octanol–water partition coefficient (Wildman–Crippen LogP) is 2.97. The van der Waals surface area contributed by atoms with Crippen LogP contribution >= 0.6 is 0 Å². The van der Waals surface area contributed by atoms with Gasteiger partial charge in [0.25, 0.3) is 0 Å². The van der Waals surface area contributed by atoms with Crippen molar-refractivity contribution in [3.8, 4) is 0 Å². The summed E-state index contributed by atoms with van der Waals surface area (Å²) in [5.41, 5.74) is 1.41. The number of H-pyrrole nitrogens is 1. The third-order valence-electron chi connectivity index (χ3n) is 3.02. The summed E-state index contributed by atoms with van der Waals surface area (Å²) in [5.74, 6) is -1.82. The molecule has 0 spiro atoms. The molecular formula is C15H10FN3O2. The second-order valence-electron chi connectivity index (χ2n) is 4.41. The molecule has 104 valence electrons. The van der Waals surface area contributed by atoms with Gasteiger partial charge >= 0.3 is 5.97 Å². The first-order valence-electron chi connectivity index (χ1n) is 6.14. The zero-order chi connectivity index (χ0) is 14.8. The number of hydrogen-bond donors (Lipinski definition) is 2. The Morgan fingerprint density at radius 2 is 2.19 bits per heavy atom. The van der Waals surface area contributed by atoms with E-state index in [4.69, 9.17) is 5.11 Å². The highest BCUT2D eigenvalue weighted by molar-refractivity contribution is 5.97. The fourth-order valence-corrected chi connectivity index (χ4v) is 2.00. The lowest BCUT2D eigenvalue weighted by atomic mass is 10.1. The number of halogens is 1. The Labute approximate surface area is 118 Å². The topological polar surface area (TPSA) is 78.9 Å². The van der Waals surface area contributed by atoms with Crippen LogP contribution in [0.25, 0.3) is 23.1 Å². The lowest BCUT2D eigenvalue weighted by Crippen LogP contribution is -1.97. The van der Waals surface area contributed by atoms with E-state index >= 15 is 0 Å². The Hall–Kier alpha value is -3.02. The minimum atomic E-state index is -1.18. The molecule has 2 heterocycles. The number of carboxylic acids is 1. The first kappa shape index (κ1) is 13.0. The van der Waals surface area contributed by atoms with Crippen LogP contribution in [0.15, 0.2) is 36.7 Å². The van der Waals surface area contributed by atoms with Crippen molar-refractivity contribution in [3.05, 3.63) is 59.3 Å². The first-order valence-corrected chi connectivity index (χ1v) is 6.14. The Kier molecular flexibility index (Phi) is 3.19. The summed E-state index contributed by atoms with van der Waals surface area (Å²) in [6.07, 6.45) is 6.79. The van der Waals surface area contributed by atoms with Gasteiger partial charge in [-0.25, -0.2) is 9.18 Å². The summed E-state index contributed by atoms with van der Waals surface area (Å²) in [6, 6.07) is 6.02. The summed E-state index contributed by atoms with van der Waals surface area (Å²) in [6.45, 7) is 0. The minimum absolute atomic E-state index is 0.113. The van der Waals surface area contributed by atoms with Crippen LogP contribution in [-0.2, 0) is 0 Å². The molecule has 0 saturated heterocycles. The van der Waals surface area contributed by atoms with Crippen LogP contribution in [0.2, 0.25) is 0 Å². The molecular weight excluding hydrogens is 273 g/mol. The molecule has 0 amide bonds. The lowest BCUT2D eigenvalue weighted by Gasteiger charge is -1.97. The van der Waals surface area contributed by atoms with E-state index in [0.29, 0.717) is 11.1 Å². The third kappa shape index (κ3) is 2.51. The van der Waals surface area contributed by atoms with Crippen molar-refractivity contribution < 1.29 is 14.3 Å². The Bertz CT molecular complexity index is 841. The van der Waals surface area contributed by atoms with E-state index < -0.39 is 11.8 Å². The maximum atomic E-state index is 13.8. The van der Waals surface area contributed by atoms with Crippen LogP contribution in [0.4, 0.5) is 4.39 Å². The van der Waals surface area contributed by atoms with Crippen molar-refractivity contribution >= 4 is 29.0 Å². The number of carboxylic acid groups (broad SMARTS) is 1. The molecule has 3 rings (SSSR count). The van der Waals surface area contributed by atoms with E-state index in [9.17, 15) is 9.18 Å². The first-order chi connectivity index (χ1) is 10.1. The highest BCUT2D eigenvalue weighted by atomic mass is 19.1. The number of rotatable bonds is 3. The average Bonchev–Trinajstić information content (AvgIpc) is 2.90. The molecule has 21 heavy (non-hydrogen) atoms. The van der Waals surface area contributed by atoms with Crippen molar-refractivity contribution in [3.63, 3.8) is 0 Å². The fourth-order valence-electron chi connectivity index (χ4n) is 2.00. The van der Waals surface area contributed by atoms with E-state index in [1.165, 1.54) is 6.07 Å². The summed E-state index contributed by atoms with van der Waals surface area (Å²) in [4.78, 5) is 15.0. The van der Waals surface area contributed by atoms with Gasteiger partial charge in [-0.2, -0.15) is 5.10 Å². The number of hydrogen-bond acceptors (Lipinski definition) is 3. The molecule has 0 atom stereocenters. The smallest absolute Gasteiger partial charge is 0.335 e. The van der Waals surface area contributed by atoms with E-state index in [1.54, 1.807) is 30.6 Å². The summed E-state index contributed by atoms with van der Waals surface area (Å²) >= 11 is 0. The molecule has 1 aromatic carbocycles. The Balaban J connectivity index is 2.07. The number of aromatic nitrogens is 3. The van der Waals surface area contributed by atoms with E-state index in [2.05, 4.69) is 15.2 Å². The second kappa shape index (κ2) is 5.16. The predicted molar refractivity (Wildman–Crippen MR) is 76.2 cm³/mol. The van der Waals surface area contributed by atoms with Gasteiger partial charge < -0.3 is 5.11 Å². The molecule has 5 nitrogen and oxygen atoms in total. The molecule has 0 radical (unpaired) electrons. The lowest BCUT2D eigenvalue weighted by molar-refractivity contribution is 0.0696. The number of nitrogens with one attached hydrogen (secondary N) is 1. The molecule has 0 aliphatic rings. The molecule has 2 N–H and O–H groups in total. The van der Waals surface area contributed by atoms with Crippen molar-refractivity contribution in [2.75, 3.05) is 0 Å². The molecule has 6 heteroatoms. The van der Waals surface area contributed by atoms with E-state index in [1.807, 2.05) is 6.07 Å². The largest absolute Gasteiger partial charge is 0.478 e. The summed E-state index contributed by atoms with van der Waals surface area (Å²) in [7, 11) is 0. The van der Waals surface area contributed by atoms with Gasteiger partial charge in [0.05, 0.1) is 11.3 Å². The average molecular weight is 283 g/mol. The Morgan fingerprint density at radius 1 is 1.33 bits per heavy atom. The van der Waals surface area contributed by atoms with Gasteiger partial charge in [-0.05, 0) is 29.8 Å². The van der Waals surface area contributed by atoms with Gasteiger partial charge in [0.1, 0.15) is 11.3 Å². The normalized spacial score (nSPS) is 11.3. The molecule has 2 aromatic heterocycles. The maximum absolute atomic E-state index is 13.8. The molecule has 0 unspecified atom stereocenters. The fraction of sp³-hybridized carbons (Fsp3) is 0. The van der Waals surface area contributed by atoms with Crippen LogP contribution in [0.5, 0.6) is 0 Å². The van der Waals surface area contributed by atoms with Gasteiger partial charge in [0.15, 0.2) is 0 Å².